The molecule has 0 atom stereocenters. The lowest BCUT2D eigenvalue weighted by Crippen LogP contribution is -2.55. The Morgan fingerprint density at radius 3 is 2.77 bits per heavy atom. The van der Waals surface area contributed by atoms with Crippen molar-refractivity contribution in [2.75, 3.05) is 23.7 Å². The Hall–Kier alpha value is -2.31. The van der Waals surface area contributed by atoms with Crippen LogP contribution in [0, 0.1) is 5.92 Å². The summed E-state index contributed by atoms with van der Waals surface area (Å²) in [5.74, 6) is 0.761. The fourth-order valence-corrected chi connectivity index (χ4v) is 2.13. The van der Waals surface area contributed by atoms with E-state index in [1.165, 1.54) is 4.90 Å². The van der Waals surface area contributed by atoms with Gasteiger partial charge >= 0.3 is 0 Å². The molecule has 0 radical (unpaired) electrons. The van der Waals surface area contributed by atoms with E-state index in [9.17, 15) is 9.59 Å². The molecule has 7 heteroatoms. The van der Waals surface area contributed by atoms with Gasteiger partial charge in [-0.1, -0.05) is 13.8 Å². The summed E-state index contributed by atoms with van der Waals surface area (Å²) in [5.41, 5.74) is 4.63. The number of anilines is 2. The number of aromatic nitrogens is 1. The number of rotatable bonds is 4. The quantitative estimate of drug-likeness (QED) is 0.863. The number of amides is 2. The molecule has 0 spiro atoms. The Bertz CT molecular complexity index is 598. The zero-order valence-electron chi connectivity index (χ0n) is 13.3. The number of nitrogens with zero attached hydrogens (tertiary/aromatic N) is 2. The van der Waals surface area contributed by atoms with Gasteiger partial charge in [0, 0.05) is 6.54 Å². The zero-order valence-corrected chi connectivity index (χ0v) is 13.3. The number of ether oxygens (including phenoxy) is 1. The molecule has 0 saturated carbocycles. The molecule has 3 N–H and O–H groups in total. The standard InChI is InChI=1S/C15H22N4O3/c1-9(2)7-17-12(20)8-19-13-10(5-6-11(16)18-13)22-15(3,4)14(19)21/h5-6,9H,7-8H2,1-4H3,(H2,16,18)(H,17,20). The summed E-state index contributed by atoms with van der Waals surface area (Å²) in [6.45, 7) is 7.77. The van der Waals surface area contributed by atoms with E-state index in [1.54, 1.807) is 26.0 Å². The molecule has 0 bridgehead atoms. The van der Waals surface area contributed by atoms with E-state index in [0.717, 1.165) is 0 Å². The van der Waals surface area contributed by atoms with E-state index >= 15 is 0 Å². The van der Waals surface area contributed by atoms with Crippen molar-refractivity contribution in [2.45, 2.75) is 33.3 Å². The first-order valence-corrected chi connectivity index (χ1v) is 7.25. The SMILES string of the molecule is CC(C)CNC(=O)CN1C(=O)C(C)(C)Oc2ccc(N)nc21. The second kappa shape index (κ2) is 5.82. The molecule has 0 fully saturated rings. The van der Waals surface area contributed by atoms with Crippen LogP contribution in [0.1, 0.15) is 27.7 Å². The summed E-state index contributed by atoms with van der Waals surface area (Å²) in [6, 6.07) is 3.26. The Kier molecular flexibility index (Phi) is 4.25. The molecule has 1 aliphatic rings. The highest BCUT2D eigenvalue weighted by Crippen LogP contribution is 2.36. The van der Waals surface area contributed by atoms with Gasteiger partial charge in [0.25, 0.3) is 5.91 Å². The first kappa shape index (κ1) is 16.1. The van der Waals surface area contributed by atoms with Crippen LogP contribution >= 0.6 is 0 Å². The predicted molar refractivity (Wildman–Crippen MR) is 83.6 cm³/mol. The maximum atomic E-state index is 12.5. The summed E-state index contributed by atoms with van der Waals surface area (Å²) in [4.78, 5) is 30.1. The minimum absolute atomic E-state index is 0.109. The molecule has 0 unspecified atom stereocenters. The maximum Gasteiger partial charge on any atom is 0.272 e. The van der Waals surface area contributed by atoms with Crippen molar-refractivity contribution in [3.05, 3.63) is 12.1 Å². The van der Waals surface area contributed by atoms with Gasteiger partial charge in [-0.25, -0.2) is 4.98 Å². The van der Waals surface area contributed by atoms with Crippen LogP contribution in [0.15, 0.2) is 12.1 Å². The summed E-state index contributed by atoms with van der Waals surface area (Å²) in [7, 11) is 0. The van der Waals surface area contributed by atoms with Crippen molar-refractivity contribution < 1.29 is 14.3 Å². The number of nitrogens with two attached hydrogens (primary N) is 1. The third-order valence-electron chi connectivity index (χ3n) is 3.25. The number of fused-ring (bicyclic) bond motifs is 1. The lowest BCUT2D eigenvalue weighted by atomic mass is 10.1. The number of carbonyl (C=O) groups is 2. The summed E-state index contributed by atoms with van der Waals surface area (Å²) < 4.78 is 5.66. The molecule has 0 aromatic carbocycles. The molecule has 120 valence electrons. The van der Waals surface area contributed by atoms with Crippen molar-refractivity contribution >= 4 is 23.5 Å². The van der Waals surface area contributed by atoms with Crippen molar-refractivity contribution in [3.8, 4) is 5.75 Å². The Morgan fingerprint density at radius 1 is 1.45 bits per heavy atom. The second-order valence-corrected chi connectivity index (χ2v) is 6.26. The van der Waals surface area contributed by atoms with Crippen LogP contribution in [0.2, 0.25) is 0 Å². The molecule has 2 rings (SSSR count). The van der Waals surface area contributed by atoms with Gasteiger partial charge in [-0.15, -0.1) is 0 Å². The highest BCUT2D eigenvalue weighted by molar-refractivity contribution is 6.05. The molecule has 0 aliphatic carbocycles. The third kappa shape index (κ3) is 3.29. The van der Waals surface area contributed by atoms with E-state index in [-0.39, 0.29) is 30.0 Å². The molecular weight excluding hydrogens is 284 g/mol. The molecule has 2 heterocycles. The molecule has 0 saturated heterocycles. The molecular formula is C15H22N4O3. The largest absolute Gasteiger partial charge is 0.474 e. The topological polar surface area (TPSA) is 97.5 Å². The predicted octanol–water partition coefficient (Wildman–Crippen LogP) is 0.940. The normalized spacial score (nSPS) is 16.2. The molecule has 1 aromatic rings. The van der Waals surface area contributed by atoms with E-state index in [2.05, 4.69) is 10.3 Å². The van der Waals surface area contributed by atoms with Gasteiger partial charge < -0.3 is 15.8 Å². The second-order valence-electron chi connectivity index (χ2n) is 6.26. The van der Waals surface area contributed by atoms with Crippen LogP contribution < -0.4 is 20.7 Å². The van der Waals surface area contributed by atoms with Gasteiger partial charge in [0.15, 0.2) is 17.2 Å². The zero-order chi connectivity index (χ0) is 16.5. The van der Waals surface area contributed by atoms with Gasteiger partial charge in [-0.05, 0) is 31.9 Å². The average Bonchev–Trinajstić information content (AvgIpc) is 2.42. The van der Waals surface area contributed by atoms with Crippen molar-refractivity contribution in [3.63, 3.8) is 0 Å². The lowest BCUT2D eigenvalue weighted by Gasteiger charge is -2.37. The van der Waals surface area contributed by atoms with E-state index in [0.29, 0.717) is 18.2 Å². The minimum Gasteiger partial charge on any atom is -0.474 e. The minimum atomic E-state index is -1.05. The van der Waals surface area contributed by atoms with Gasteiger partial charge in [-0.2, -0.15) is 0 Å². The number of pyridine rings is 1. The average molecular weight is 306 g/mol. The van der Waals surface area contributed by atoms with Crippen molar-refractivity contribution in [1.29, 1.82) is 0 Å². The highest BCUT2D eigenvalue weighted by atomic mass is 16.5. The fraction of sp³-hybridized carbons (Fsp3) is 0.533. The van der Waals surface area contributed by atoms with Gasteiger partial charge in [0.2, 0.25) is 5.91 Å². The van der Waals surface area contributed by atoms with Crippen molar-refractivity contribution in [1.82, 2.24) is 10.3 Å². The van der Waals surface area contributed by atoms with Crippen LogP contribution in [0.25, 0.3) is 0 Å². The molecule has 2 amide bonds. The summed E-state index contributed by atoms with van der Waals surface area (Å²) in [6.07, 6.45) is 0. The van der Waals surface area contributed by atoms with Crippen molar-refractivity contribution in [2.24, 2.45) is 5.92 Å². The third-order valence-corrected chi connectivity index (χ3v) is 3.25. The fourth-order valence-electron chi connectivity index (χ4n) is 2.13. The van der Waals surface area contributed by atoms with Crippen LogP contribution in [0.3, 0.4) is 0 Å². The first-order chi connectivity index (χ1) is 10.2. The lowest BCUT2D eigenvalue weighted by molar-refractivity contribution is -0.134. The van der Waals surface area contributed by atoms with E-state index in [4.69, 9.17) is 10.5 Å². The number of hydrogen-bond acceptors (Lipinski definition) is 5. The van der Waals surface area contributed by atoms with Crippen LogP contribution in [-0.4, -0.2) is 35.5 Å². The Labute approximate surface area is 129 Å². The van der Waals surface area contributed by atoms with Gasteiger partial charge in [0.1, 0.15) is 12.4 Å². The smallest absolute Gasteiger partial charge is 0.272 e. The Morgan fingerprint density at radius 2 is 2.14 bits per heavy atom. The molecule has 1 aromatic heterocycles. The van der Waals surface area contributed by atoms with Crippen LogP contribution in [0.4, 0.5) is 11.6 Å². The van der Waals surface area contributed by atoms with Gasteiger partial charge in [0.05, 0.1) is 0 Å². The monoisotopic (exact) mass is 306 g/mol. The number of carbonyl (C=O) groups excluding carboxylic acids is 2. The Balaban J connectivity index is 2.26. The first-order valence-electron chi connectivity index (χ1n) is 7.25. The summed E-state index contributed by atoms with van der Waals surface area (Å²) in [5, 5.41) is 2.79. The highest BCUT2D eigenvalue weighted by Gasteiger charge is 2.42. The van der Waals surface area contributed by atoms with E-state index in [1.807, 2.05) is 13.8 Å². The van der Waals surface area contributed by atoms with Crippen LogP contribution in [0.5, 0.6) is 5.75 Å². The number of nitrogen functional groups attached to an aromatic ring is 1. The number of nitrogens with one attached hydrogen (secondary N) is 1. The molecule has 22 heavy (non-hydrogen) atoms. The van der Waals surface area contributed by atoms with Gasteiger partial charge in [-0.3, -0.25) is 14.5 Å². The number of hydrogen-bond donors (Lipinski definition) is 2. The van der Waals surface area contributed by atoms with Crippen LogP contribution in [-0.2, 0) is 9.59 Å². The molecule has 1 aliphatic heterocycles. The summed E-state index contributed by atoms with van der Waals surface area (Å²) >= 11 is 0. The van der Waals surface area contributed by atoms with E-state index < -0.39 is 5.60 Å². The molecule has 7 nitrogen and oxygen atoms in total. The maximum absolute atomic E-state index is 12.5.